The van der Waals surface area contributed by atoms with Gasteiger partial charge in [-0.1, -0.05) is 20.8 Å². The van der Waals surface area contributed by atoms with Crippen molar-refractivity contribution in [3.8, 4) is 5.75 Å². The summed E-state index contributed by atoms with van der Waals surface area (Å²) in [7, 11) is -1.71. The lowest BCUT2D eigenvalue weighted by molar-refractivity contribution is 0.414. The molecule has 5 heteroatoms. The van der Waals surface area contributed by atoms with Gasteiger partial charge in [0.15, 0.2) is 9.84 Å². The molecule has 19 heavy (non-hydrogen) atoms. The molecule has 1 aromatic rings. The minimum Gasteiger partial charge on any atom is -0.497 e. The first kappa shape index (κ1) is 16.0. The first-order valence-corrected chi connectivity index (χ1v) is 8.16. The highest BCUT2D eigenvalue weighted by Crippen LogP contribution is 2.18. The molecule has 1 atom stereocenters. The minimum absolute atomic E-state index is 0.0305. The normalized spacial score (nSPS) is 13.5. The largest absolute Gasteiger partial charge is 0.497 e. The molecular weight excluding hydrogens is 262 g/mol. The molecule has 4 nitrogen and oxygen atoms in total. The average Bonchev–Trinajstić information content (AvgIpc) is 2.38. The lowest BCUT2D eigenvalue weighted by Gasteiger charge is -2.21. The average molecular weight is 285 g/mol. The van der Waals surface area contributed by atoms with E-state index in [-0.39, 0.29) is 17.7 Å². The Morgan fingerprint density at radius 3 is 2.21 bits per heavy atom. The van der Waals surface area contributed by atoms with Crippen LogP contribution < -0.4 is 10.1 Å². The predicted molar refractivity (Wildman–Crippen MR) is 77.3 cm³/mol. The van der Waals surface area contributed by atoms with Gasteiger partial charge in [0, 0.05) is 6.04 Å². The van der Waals surface area contributed by atoms with Crippen LogP contribution in [0.4, 0.5) is 0 Å². The van der Waals surface area contributed by atoms with Crippen molar-refractivity contribution in [2.45, 2.75) is 31.7 Å². The number of hydrogen-bond donors (Lipinski definition) is 1. The summed E-state index contributed by atoms with van der Waals surface area (Å²) in [5.74, 6) is 1.05. The van der Waals surface area contributed by atoms with E-state index >= 15 is 0 Å². The zero-order valence-electron chi connectivity index (χ0n) is 12.0. The summed E-state index contributed by atoms with van der Waals surface area (Å²) in [5, 5.41) is 3.23. The fraction of sp³-hybridized carbons (Fsp3) is 0.571. The Morgan fingerprint density at radius 1 is 1.21 bits per heavy atom. The molecule has 0 bridgehead atoms. The Bertz CT molecular complexity index is 480. The van der Waals surface area contributed by atoms with Crippen molar-refractivity contribution in [1.82, 2.24) is 5.32 Å². The molecule has 0 radical (unpaired) electrons. The molecule has 1 unspecified atom stereocenters. The van der Waals surface area contributed by atoms with Gasteiger partial charge in [-0.2, -0.15) is 0 Å². The lowest BCUT2D eigenvalue weighted by atomic mass is 10.1. The van der Waals surface area contributed by atoms with Crippen molar-refractivity contribution in [2.24, 2.45) is 5.92 Å². The molecule has 108 valence electrons. The van der Waals surface area contributed by atoms with Crippen LogP contribution in [0, 0.1) is 5.92 Å². The maximum Gasteiger partial charge on any atom is 0.179 e. The second-order valence-electron chi connectivity index (χ2n) is 4.87. The number of nitrogens with one attached hydrogen (secondary N) is 1. The van der Waals surface area contributed by atoms with Crippen LogP contribution in [0.1, 0.15) is 20.8 Å². The second-order valence-corrected chi connectivity index (χ2v) is 6.90. The van der Waals surface area contributed by atoms with Gasteiger partial charge in [0.1, 0.15) is 5.75 Å². The van der Waals surface area contributed by atoms with Crippen molar-refractivity contribution in [2.75, 3.05) is 19.4 Å². The van der Waals surface area contributed by atoms with Gasteiger partial charge in [0.2, 0.25) is 0 Å². The van der Waals surface area contributed by atoms with Gasteiger partial charge in [0.05, 0.1) is 17.8 Å². The molecule has 0 saturated carbocycles. The highest BCUT2D eigenvalue weighted by atomic mass is 32.2. The number of rotatable bonds is 7. The SMILES string of the molecule is CCNC(CS(=O)(=O)c1ccc(OC)cc1)C(C)C. The van der Waals surface area contributed by atoms with Crippen molar-refractivity contribution in [3.63, 3.8) is 0 Å². The first-order valence-electron chi connectivity index (χ1n) is 6.51. The van der Waals surface area contributed by atoms with Crippen LogP contribution in [0.3, 0.4) is 0 Å². The van der Waals surface area contributed by atoms with E-state index in [4.69, 9.17) is 4.74 Å². The highest BCUT2D eigenvalue weighted by Gasteiger charge is 2.22. The van der Waals surface area contributed by atoms with Crippen LogP contribution in [-0.4, -0.2) is 33.9 Å². The third-order valence-corrected chi connectivity index (χ3v) is 4.88. The van der Waals surface area contributed by atoms with Crippen LogP contribution in [-0.2, 0) is 9.84 Å². The number of hydrogen-bond acceptors (Lipinski definition) is 4. The summed E-state index contributed by atoms with van der Waals surface area (Å²) in [6, 6.07) is 6.50. The van der Waals surface area contributed by atoms with Crippen molar-refractivity contribution in [3.05, 3.63) is 24.3 Å². The lowest BCUT2D eigenvalue weighted by Crippen LogP contribution is -2.39. The van der Waals surface area contributed by atoms with Crippen molar-refractivity contribution < 1.29 is 13.2 Å². The fourth-order valence-electron chi connectivity index (χ4n) is 1.86. The van der Waals surface area contributed by atoms with E-state index in [1.54, 1.807) is 31.4 Å². The summed E-state index contributed by atoms with van der Waals surface area (Å²) >= 11 is 0. The van der Waals surface area contributed by atoms with Crippen LogP contribution >= 0.6 is 0 Å². The Morgan fingerprint density at radius 2 is 1.79 bits per heavy atom. The zero-order chi connectivity index (χ0) is 14.5. The van der Waals surface area contributed by atoms with Crippen molar-refractivity contribution in [1.29, 1.82) is 0 Å². The highest BCUT2D eigenvalue weighted by molar-refractivity contribution is 7.91. The monoisotopic (exact) mass is 285 g/mol. The van der Waals surface area contributed by atoms with Gasteiger partial charge < -0.3 is 10.1 Å². The van der Waals surface area contributed by atoms with E-state index in [0.717, 1.165) is 6.54 Å². The number of ether oxygens (including phenoxy) is 1. The predicted octanol–water partition coefficient (Wildman–Crippen LogP) is 2.10. The molecule has 0 fully saturated rings. The quantitative estimate of drug-likeness (QED) is 0.833. The molecule has 0 amide bonds. The van der Waals surface area contributed by atoms with E-state index in [0.29, 0.717) is 10.6 Å². The number of benzene rings is 1. The summed E-state index contributed by atoms with van der Waals surface area (Å²) in [6.07, 6.45) is 0. The van der Waals surface area contributed by atoms with Gasteiger partial charge in [-0.05, 0) is 36.7 Å². The van der Waals surface area contributed by atoms with Gasteiger partial charge in [-0.15, -0.1) is 0 Å². The van der Waals surface area contributed by atoms with E-state index in [9.17, 15) is 8.42 Å². The maximum atomic E-state index is 12.3. The second kappa shape index (κ2) is 6.91. The third-order valence-electron chi connectivity index (χ3n) is 3.09. The van der Waals surface area contributed by atoms with Gasteiger partial charge >= 0.3 is 0 Å². The summed E-state index contributed by atoms with van der Waals surface area (Å²) in [4.78, 5) is 0.344. The Kier molecular flexibility index (Phi) is 5.82. The number of sulfone groups is 1. The summed E-state index contributed by atoms with van der Waals surface area (Å²) < 4.78 is 29.7. The van der Waals surface area contributed by atoms with Crippen LogP contribution in [0.2, 0.25) is 0 Å². The Hall–Kier alpha value is -1.07. The Balaban J connectivity index is 2.89. The zero-order valence-corrected chi connectivity index (χ0v) is 12.8. The van der Waals surface area contributed by atoms with E-state index in [1.165, 1.54) is 0 Å². The standard InChI is InChI=1S/C14H23NO3S/c1-5-15-14(11(2)3)10-19(16,17)13-8-6-12(18-4)7-9-13/h6-9,11,14-15H,5,10H2,1-4H3. The van der Waals surface area contributed by atoms with Gasteiger partial charge in [0.25, 0.3) is 0 Å². The van der Waals surface area contributed by atoms with E-state index in [2.05, 4.69) is 5.32 Å². The van der Waals surface area contributed by atoms with Gasteiger partial charge in [-0.3, -0.25) is 0 Å². The molecule has 0 aliphatic carbocycles. The smallest absolute Gasteiger partial charge is 0.179 e. The molecule has 0 saturated heterocycles. The van der Waals surface area contributed by atoms with Crippen LogP contribution in [0.15, 0.2) is 29.2 Å². The van der Waals surface area contributed by atoms with E-state index in [1.807, 2.05) is 20.8 Å². The minimum atomic E-state index is -3.27. The van der Waals surface area contributed by atoms with Crippen LogP contribution in [0.5, 0.6) is 5.75 Å². The molecule has 1 aromatic carbocycles. The molecule has 0 aliphatic rings. The molecule has 0 spiro atoms. The molecule has 1 rings (SSSR count). The van der Waals surface area contributed by atoms with E-state index < -0.39 is 9.84 Å². The molecular formula is C14H23NO3S. The number of methoxy groups -OCH3 is 1. The Labute approximate surface area is 116 Å². The molecule has 0 aliphatic heterocycles. The third kappa shape index (κ3) is 4.51. The van der Waals surface area contributed by atoms with Gasteiger partial charge in [-0.25, -0.2) is 8.42 Å². The molecule has 0 aromatic heterocycles. The topological polar surface area (TPSA) is 55.4 Å². The summed E-state index contributed by atoms with van der Waals surface area (Å²) in [6.45, 7) is 6.80. The maximum absolute atomic E-state index is 12.3. The first-order chi connectivity index (χ1) is 8.90. The van der Waals surface area contributed by atoms with Crippen LogP contribution in [0.25, 0.3) is 0 Å². The van der Waals surface area contributed by atoms with Crippen molar-refractivity contribution >= 4 is 9.84 Å². The summed E-state index contributed by atoms with van der Waals surface area (Å²) in [5.41, 5.74) is 0. The fourth-order valence-corrected chi connectivity index (χ4v) is 3.58. The molecule has 0 heterocycles. The molecule has 1 N–H and O–H groups in total.